The number of hydrogen-bond acceptors (Lipinski definition) is 2. The SMILES string of the molecule is CCCCCCCC/C=C\CCCCCCCC(=O)NC(C(=O)O)[N+](C)(C)C. The molecule has 1 amide bonds. The molecule has 0 saturated carbocycles. The quantitative estimate of drug-likeness (QED) is 0.143. The van der Waals surface area contributed by atoms with Crippen molar-refractivity contribution < 1.29 is 19.2 Å². The molecule has 0 saturated heterocycles. The van der Waals surface area contributed by atoms with Gasteiger partial charge in [0.15, 0.2) is 0 Å². The summed E-state index contributed by atoms with van der Waals surface area (Å²) in [6.45, 7) is 2.25. The van der Waals surface area contributed by atoms with Crippen LogP contribution in [0.3, 0.4) is 0 Å². The average Bonchev–Trinajstić information content (AvgIpc) is 2.61. The third-order valence-corrected chi connectivity index (χ3v) is 4.97. The molecule has 164 valence electrons. The maximum Gasteiger partial charge on any atom is 0.385 e. The van der Waals surface area contributed by atoms with Crippen molar-refractivity contribution in [2.75, 3.05) is 21.1 Å². The summed E-state index contributed by atoms with van der Waals surface area (Å²) in [5.74, 6) is -1.16. The number of carbonyl (C=O) groups is 2. The van der Waals surface area contributed by atoms with Gasteiger partial charge in [-0.1, -0.05) is 70.4 Å². The van der Waals surface area contributed by atoms with Crippen LogP contribution in [0.1, 0.15) is 96.8 Å². The Bertz CT molecular complexity index is 442. The van der Waals surface area contributed by atoms with Gasteiger partial charge in [0.2, 0.25) is 5.91 Å². The van der Waals surface area contributed by atoms with Gasteiger partial charge >= 0.3 is 5.97 Å². The molecule has 1 unspecified atom stereocenters. The van der Waals surface area contributed by atoms with Crippen molar-refractivity contribution in [3.05, 3.63) is 12.2 Å². The summed E-state index contributed by atoms with van der Waals surface area (Å²) < 4.78 is 0.174. The van der Waals surface area contributed by atoms with Crippen molar-refractivity contribution in [3.8, 4) is 0 Å². The molecule has 0 aromatic rings. The molecule has 5 nitrogen and oxygen atoms in total. The number of allylic oxidation sites excluding steroid dienone is 2. The molecule has 2 N–H and O–H groups in total. The summed E-state index contributed by atoms with van der Waals surface area (Å²) in [5.41, 5.74) is 0. The smallest absolute Gasteiger partial charge is 0.385 e. The number of rotatable bonds is 18. The van der Waals surface area contributed by atoms with E-state index in [0.717, 1.165) is 25.7 Å². The van der Waals surface area contributed by atoms with Gasteiger partial charge in [-0.15, -0.1) is 0 Å². The lowest BCUT2D eigenvalue weighted by molar-refractivity contribution is -0.889. The molecule has 0 bridgehead atoms. The van der Waals surface area contributed by atoms with E-state index < -0.39 is 12.1 Å². The zero-order valence-electron chi connectivity index (χ0n) is 18.8. The van der Waals surface area contributed by atoms with Crippen LogP contribution in [0.15, 0.2) is 12.2 Å². The fourth-order valence-electron chi connectivity index (χ4n) is 3.17. The second-order valence-corrected chi connectivity index (χ2v) is 8.76. The van der Waals surface area contributed by atoms with Crippen LogP contribution in [-0.4, -0.2) is 48.8 Å². The van der Waals surface area contributed by atoms with Gasteiger partial charge in [0, 0.05) is 6.42 Å². The largest absolute Gasteiger partial charge is 0.475 e. The number of hydrogen-bond donors (Lipinski definition) is 2. The molecular formula is C23H45N2O3+. The van der Waals surface area contributed by atoms with E-state index in [1.807, 2.05) is 0 Å². The monoisotopic (exact) mass is 397 g/mol. The van der Waals surface area contributed by atoms with Gasteiger partial charge in [0.25, 0.3) is 6.17 Å². The van der Waals surface area contributed by atoms with Gasteiger partial charge < -0.3 is 9.59 Å². The molecule has 1 atom stereocenters. The summed E-state index contributed by atoms with van der Waals surface area (Å²) >= 11 is 0. The number of likely N-dealkylation sites (N-methyl/N-ethyl adjacent to an activating group) is 1. The maximum atomic E-state index is 11.9. The molecule has 0 aliphatic carbocycles. The van der Waals surface area contributed by atoms with Gasteiger partial charge in [-0.2, -0.15) is 0 Å². The highest BCUT2D eigenvalue weighted by Crippen LogP contribution is 2.10. The molecule has 0 spiro atoms. The van der Waals surface area contributed by atoms with Crippen molar-refractivity contribution in [1.82, 2.24) is 5.32 Å². The Morgan fingerprint density at radius 1 is 0.821 bits per heavy atom. The van der Waals surface area contributed by atoms with Crippen LogP contribution < -0.4 is 5.32 Å². The first-order chi connectivity index (χ1) is 13.3. The van der Waals surface area contributed by atoms with E-state index in [1.165, 1.54) is 57.8 Å². The number of unbranched alkanes of at least 4 members (excludes halogenated alkanes) is 11. The van der Waals surface area contributed by atoms with Gasteiger partial charge in [0.1, 0.15) is 0 Å². The minimum absolute atomic E-state index is 0.168. The van der Waals surface area contributed by atoms with E-state index in [-0.39, 0.29) is 10.4 Å². The molecule has 0 aliphatic rings. The van der Waals surface area contributed by atoms with Crippen molar-refractivity contribution in [2.45, 2.75) is 103 Å². The number of nitrogens with zero attached hydrogens (tertiary/aromatic N) is 1. The summed E-state index contributed by atoms with van der Waals surface area (Å²) in [4.78, 5) is 23.2. The molecule has 0 aromatic carbocycles. The fraction of sp³-hybridized carbons (Fsp3) is 0.826. The van der Waals surface area contributed by atoms with Crippen LogP contribution in [0.5, 0.6) is 0 Å². The first kappa shape index (κ1) is 26.6. The van der Waals surface area contributed by atoms with Crippen LogP contribution in [0.4, 0.5) is 0 Å². The minimum atomic E-state index is -0.995. The number of nitrogens with one attached hydrogen (secondary N) is 1. The van der Waals surface area contributed by atoms with E-state index in [9.17, 15) is 14.7 Å². The van der Waals surface area contributed by atoms with Crippen LogP contribution in [-0.2, 0) is 9.59 Å². The van der Waals surface area contributed by atoms with Gasteiger partial charge in [-0.3, -0.25) is 10.1 Å². The lowest BCUT2D eigenvalue weighted by Crippen LogP contribution is -2.59. The normalized spacial score (nSPS) is 13.0. The van der Waals surface area contributed by atoms with Gasteiger partial charge in [0.05, 0.1) is 21.1 Å². The van der Waals surface area contributed by atoms with Crippen molar-refractivity contribution in [1.29, 1.82) is 0 Å². The summed E-state index contributed by atoms with van der Waals surface area (Å²) in [6, 6.07) is 0. The molecule has 5 heteroatoms. The van der Waals surface area contributed by atoms with Crippen LogP contribution in [0.2, 0.25) is 0 Å². The Morgan fingerprint density at radius 2 is 1.29 bits per heavy atom. The van der Waals surface area contributed by atoms with E-state index in [2.05, 4.69) is 24.4 Å². The number of quaternary nitrogens is 1. The number of aliphatic carboxylic acids is 1. The number of carboxylic acids is 1. The van der Waals surface area contributed by atoms with E-state index >= 15 is 0 Å². The average molecular weight is 398 g/mol. The Balaban J connectivity index is 3.55. The van der Waals surface area contributed by atoms with E-state index in [0.29, 0.717) is 6.42 Å². The topological polar surface area (TPSA) is 66.4 Å². The molecule has 0 fully saturated rings. The second kappa shape index (κ2) is 16.6. The molecule has 0 heterocycles. The first-order valence-electron chi connectivity index (χ1n) is 11.3. The number of amides is 1. The highest BCUT2D eigenvalue weighted by Gasteiger charge is 2.32. The van der Waals surface area contributed by atoms with Crippen LogP contribution in [0.25, 0.3) is 0 Å². The highest BCUT2D eigenvalue weighted by atomic mass is 16.4. The molecule has 0 aromatic heterocycles. The van der Waals surface area contributed by atoms with Crippen molar-refractivity contribution >= 4 is 11.9 Å². The maximum absolute atomic E-state index is 11.9. The third kappa shape index (κ3) is 15.7. The zero-order chi connectivity index (χ0) is 21.3. The highest BCUT2D eigenvalue weighted by molar-refractivity contribution is 5.82. The molecule has 28 heavy (non-hydrogen) atoms. The summed E-state index contributed by atoms with van der Waals surface area (Å²) in [6.07, 6.45) is 20.0. The van der Waals surface area contributed by atoms with Gasteiger partial charge in [-0.25, -0.2) is 4.79 Å². The third-order valence-electron chi connectivity index (χ3n) is 4.97. The Labute approximate surface area is 173 Å². The second-order valence-electron chi connectivity index (χ2n) is 8.76. The predicted molar refractivity (Wildman–Crippen MR) is 117 cm³/mol. The molecule has 0 rings (SSSR count). The van der Waals surface area contributed by atoms with Crippen LogP contribution in [0, 0.1) is 0 Å². The van der Waals surface area contributed by atoms with Crippen molar-refractivity contribution in [2.24, 2.45) is 0 Å². The van der Waals surface area contributed by atoms with Gasteiger partial charge in [-0.05, 0) is 32.1 Å². The molecule has 0 radical (unpaired) electrons. The van der Waals surface area contributed by atoms with Crippen LogP contribution >= 0.6 is 0 Å². The number of carbonyl (C=O) groups excluding carboxylic acids is 1. The Kier molecular flexibility index (Phi) is 15.8. The van der Waals surface area contributed by atoms with E-state index in [1.54, 1.807) is 21.1 Å². The predicted octanol–water partition coefficient (Wildman–Crippen LogP) is 5.26. The first-order valence-corrected chi connectivity index (χ1v) is 11.3. The zero-order valence-corrected chi connectivity index (χ0v) is 18.8. The van der Waals surface area contributed by atoms with E-state index in [4.69, 9.17) is 0 Å². The lowest BCUT2D eigenvalue weighted by atomic mass is 10.1. The minimum Gasteiger partial charge on any atom is -0.475 e. The summed E-state index contributed by atoms with van der Waals surface area (Å²) in [7, 11) is 5.30. The summed E-state index contributed by atoms with van der Waals surface area (Å²) in [5, 5.41) is 11.9. The lowest BCUT2D eigenvalue weighted by Gasteiger charge is -2.31. The molecular weight excluding hydrogens is 352 g/mol. The van der Waals surface area contributed by atoms with Crippen molar-refractivity contribution in [3.63, 3.8) is 0 Å². The standard InChI is InChI=1S/C23H44N2O3/c1-5-6-7-8-9-10-11-12-13-14-15-16-17-18-19-20-21(26)24-22(23(27)28)25(2,3)4/h12-13,22H,5-11,14-20H2,1-4H3,(H-,24,26,27,28)/p+1/b13-12-. The fourth-order valence-corrected chi connectivity index (χ4v) is 3.17. The number of carboxylic acid groups (broad SMARTS) is 1. The Morgan fingerprint density at radius 3 is 1.75 bits per heavy atom. The Hall–Kier alpha value is -1.36. The molecule has 0 aliphatic heterocycles.